The van der Waals surface area contributed by atoms with Crippen molar-refractivity contribution in [2.24, 2.45) is 22.7 Å². The highest BCUT2D eigenvalue weighted by molar-refractivity contribution is 5.77. The van der Waals surface area contributed by atoms with Gasteiger partial charge in [0, 0.05) is 0 Å². The van der Waals surface area contributed by atoms with Gasteiger partial charge in [-0.05, 0) is 35.5 Å². The molecule has 0 unspecified atom stereocenters. The highest BCUT2D eigenvalue weighted by Crippen LogP contribution is 2.41. The van der Waals surface area contributed by atoms with Crippen molar-refractivity contribution in [2.45, 2.75) is 99.3 Å². The first-order valence-corrected chi connectivity index (χ1v) is 10.8. The second-order valence-corrected chi connectivity index (χ2v) is 10.5. The van der Waals surface area contributed by atoms with E-state index in [1.165, 1.54) is 38.5 Å². The fourth-order valence-corrected chi connectivity index (χ4v) is 4.48. The van der Waals surface area contributed by atoms with Crippen molar-refractivity contribution in [3.8, 4) is 0 Å². The molecule has 0 amide bonds. The molecule has 0 aromatic heterocycles. The molecular formula is C23H42O4. The van der Waals surface area contributed by atoms with Crippen molar-refractivity contribution in [3.05, 3.63) is 0 Å². The highest BCUT2D eigenvalue weighted by Gasteiger charge is 2.32. The predicted octanol–water partition coefficient (Wildman–Crippen LogP) is 5.92. The van der Waals surface area contributed by atoms with Gasteiger partial charge in [-0.1, -0.05) is 73.6 Å². The van der Waals surface area contributed by atoms with E-state index in [2.05, 4.69) is 27.7 Å². The minimum atomic E-state index is -0.325. The number of hydrogen-bond donors (Lipinski definition) is 0. The molecule has 4 heteroatoms. The molecule has 0 saturated heterocycles. The molecule has 1 fully saturated rings. The summed E-state index contributed by atoms with van der Waals surface area (Å²) in [7, 11) is 0. The third kappa shape index (κ3) is 11.4. The summed E-state index contributed by atoms with van der Waals surface area (Å²) in [5.74, 6) is 0.519. The molecule has 0 aromatic rings. The van der Waals surface area contributed by atoms with Crippen LogP contribution in [0.3, 0.4) is 0 Å². The number of rotatable bonds is 11. The lowest BCUT2D eigenvalue weighted by Gasteiger charge is -2.37. The number of ether oxygens (including phenoxy) is 2. The molecule has 0 aromatic carbocycles. The average Bonchev–Trinajstić information content (AvgIpc) is 2.55. The Morgan fingerprint density at radius 3 is 2.00 bits per heavy atom. The van der Waals surface area contributed by atoms with E-state index in [1.54, 1.807) is 0 Å². The monoisotopic (exact) mass is 382 g/mol. The van der Waals surface area contributed by atoms with Gasteiger partial charge in [-0.15, -0.1) is 0 Å². The summed E-state index contributed by atoms with van der Waals surface area (Å²) in [4.78, 5) is 23.6. The lowest BCUT2D eigenvalue weighted by molar-refractivity contribution is -0.152. The Morgan fingerprint density at radius 1 is 0.889 bits per heavy atom. The van der Waals surface area contributed by atoms with Gasteiger partial charge in [0.25, 0.3) is 0 Å². The topological polar surface area (TPSA) is 52.6 Å². The smallest absolute Gasteiger partial charge is 0.306 e. The molecule has 0 N–H and O–H groups in total. The average molecular weight is 383 g/mol. The molecule has 4 nitrogen and oxygen atoms in total. The SMILES string of the molecule is CC(C)COC(=O)CCC(=O)OCC(C)(C)CC(C)(C)CC1CCCCC1. The van der Waals surface area contributed by atoms with Gasteiger partial charge in [0.15, 0.2) is 0 Å². The van der Waals surface area contributed by atoms with Gasteiger partial charge in [0.05, 0.1) is 26.1 Å². The molecule has 1 saturated carbocycles. The highest BCUT2D eigenvalue weighted by atomic mass is 16.5. The Bertz CT molecular complexity index is 459. The zero-order valence-electron chi connectivity index (χ0n) is 18.6. The van der Waals surface area contributed by atoms with Crippen LogP contribution >= 0.6 is 0 Å². The van der Waals surface area contributed by atoms with E-state index in [0.29, 0.717) is 19.1 Å². The van der Waals surface area contributed by atoms with Crippen molar-refractivity contribution in [3.63, 3.8) is 0 Å². The summed E-state index contributed by atoms with van der Waals surface area (Å²) in [6.45, 7) is 13.8. The van der Waals surface area contributed by atoms with Gasteiger partial charge < -0.3 is 9.47 Å². The molecule has 27 heavy (non-hydrogen) atoms. The quantitative estimate of drug-likeness (QED) is 0.416. The summed E-state index contributed by atoms with van der Waals surface area (Å²) >= 11 is 0. The maximum atomic E-state index is 12.0. The van der Waals surface area contributed by atoms with Crippen LogP contribution in [-0.2, 0) is 19.1 Å². The largest absolute Gasteiger partial charge is 0.465 e. The lowest BCUT2D eigenvalue weighted by Crippen LogP contribution is -2.30. The Balaban J connectivity index is 2.31. The zero-order valence-corrected chi connectivity index (χ0v) is 18.6. The van der Waals surface area contributed by atoms with Crippen molar-refractivity contribution in [1.82, 2.24) is 0 Å². The molecule has 0 radical (unpaired) electrons. The first-order chi connectivity index (χ1) is 12.5. The van der Waals surface area contributed by atoms with E-state index in [0.717, 1.165) is 12.3 Å². The van der Waals surface area contributed by atoms with Crippen LogP contribution < -0.4 is 0 Å². The number of carbonyl (C=O) groups excluding carboxylic acids is 2. The van der Waals surface area contributed by atoms with Crippen LogP contribution in [0.2, 0.25) is 0 Å². The van der Waals surface area contributed by atoms with Gasteiger partial charge in [0.1, 0.15) is 0 Å². The molecule has 0 aliphatic heterocycles. The van der Waals surface area contributed by atoms with Crippen LogP contribution in [0.5, 0.6) is 0 Å². The maximum absolute atomic E-state index is 12.0. The minimum absolute atomic E-state index is 0.0635. The fraction of sp³-hybridized carbons (Fsp3) is 0.913. The van der Waals surface area contributed by atoms with E-state index in [-0.39, 0.29) is 35.6 Å². The minimum Gasteiger partial charge on any atom is -0.465 e. The predicted molar refractivity (Wildman–Crippen MR) is 109 cm³/mol. The Hall–Kier alpha value is -1.06. The summed E-state index contributed by atoms with van der Waals surface area (Å²) in [6, 6.07) is 0. The van der Waals surface area contributed by atoms with Gasteiger partial charge in [-0.25, -0.2) is 0 Å². The first-order valence-electron chi connectivity index (χ1n) is 10.8. The Kier molecular flexibility index (Phi) is 9.83. The van der Waals surface area contributed by atoms with E-state index < -0.39 is 0 Å². The van der Waals surface area contributed by atoms with Crippen LogP contribution in [0.1, 0.15) is 99.3 Å². The zero-order chi connectivity index (χ0) is 20.5. The molecule has 1 aliphatic carbocycles. The number of carbonyl (C=O) groups is 2. The van der Waals surface area contributed by atoms with E-state index >= 15 is 0 Å². The molecule has 0 spiro atoms. The standard InChI is InChI=1S/C23H42O4/c1-18(2)15-26-20(24)12-13-21(25)27-17-23(5,6)16-22(3,4)14-19-10-8-7-9-11-19/h18-19H,7-17H2,1-6H3. The second-order valence-electron chi connectivity index (χ2n) is 10.5. The van der Waals surface area contributed by atoms with E-state index in [1.807, 2.05) is 13.8 Å². The van der Waals surface area contributed by atoms with Crippen molar-refractivity contribution < 1.29 is 19.1 Å². The summed E-state index contributed by atoms with van der Waals surface area (Å²) in [5, 5.41) is 0. The lowest BCUT2D eigenvalue weighted by atomic mass is 9.69. The van der Waals surface area contributed by atoms with Gasteiger partial charge in [-0.3, -0.25) is 9.59 Å². The molecular weight excluding hydrogens is 340 g/mol. The van der Waals surface area contributed by atoms with Crippen molar-refractivity contribution >= 4 is 11.9 Å². The molecule has 0 heterocycles. The van der Waals surface area contributed by atoms with Crippen molar-refractivity contribution in [1.29, 1.82) is 0 Å². The van der Waals surface area contributed by atoms with E-state index in [4.69, 9.17) is 9.47 Å². The van der Waals surface area contributed by atoms with Crippen molar-refractivity contribution in [2.75, 3.05) is 13.2 Å². The summed E-state index contributed by atoms with van der Waals surface area (Å²) in [5.41, 5.74) is 0.185. The van der Waals surface area contributed by atoms with Crippen LogP contribution in [0.25, 0.3) is 0 Å². The Morgan fingerprint density at radius 2 is 1.44 bits per heavy atom. The van der Waals surface area contributed by atoms with Crippen LogP contribution in [0.4, 0.5) is 0 Å². The van der Waals surface area contributed by atoms with Gasteiger partial charge in [0.2, 0.25) is 0 Å². The van der Waals surface area contributed by atoms with Crippen LogP contribution in [-0.4, -0.2) is 25.2 Å². The molecule has 0 atom stereocenters. The number of esters is 2. The summed E-state index contributed by atoms with van der Waals surface area (Å²) in [6.07, 6.45) is 9.35. The Labute approximate surface area is 166 Å². The first kappa shape index (κ1) is 24.0. The fourth-order valence-electron chi connectivity index (χ4n) is 4.48. The molecule has 1 aliphatic rings. The van der Waals surface area contributed by atoms with Crippen LogP contribution in [0, 0.1) is 22.7 Å². The molecule has 158 valence electrons. The molecule has 1 rings (SSSR count). The molecule has 0 bridgehead atoms. The third-order valence-electron chi connectivity index (χ3n) is 5.26. The summed E-state index contributed by atoms with van der Waals surface area (Å²) < 4.78 is 10.6. The van der Waals surface area contributed by atoms with E-state index in [9.17, 15) is 9.59 Å². The second kappa shape index (κ2) is 11.1. The number of hydrogen-bond acceptors (Lipinski definition) is 4. The normalized spacial score (nSPS) is 16.4. The maximum Gasteiger partial charge on any atom is 0.306 e. The van der Waals surface area contributed by atoms with Gasteiger partial charge >= 0.3 is 11.9 Å². The van der Waals surface area contributed by atoms with Gasteiger partial charge in [-0.2, -0.15) is 0 Å². The third-order valence-corrected chi connectivity index (χ3v) is 5.26. The van der Waals surface area contributed by atoms with Crippen LogP contribution in [0.15, 0.2) is 0 Å².